The fourth-order valence-electron chi connectivity index (χ4n) is 3.09. The first-order valence-corrected chi connectivity index (χ1v) is 7.34. The maximum absolute atomic E-state index is 12.3. The van der Waals surface area contributed by atoms with E-state index >= 15 is 0 Å². The fraction of sp³-hybridized carbons (Fsp3) is 0.929. The molecule has 18 heavy (non-hydrogen) atoms. The number of amides is 1. The van der Waals surface area contributed by atoms with Crippen molar-refractivity contribution in [2.75, 3.05) is 19.7 Å². The second-order valence-electron chi connectivity index (χ2n) is 5.74. The van der Waals surface area contributed by atoms with Crippen LogP contribution in [0, 0.1) is 5.92 Å². The van der Waals surface area contributed by atoms with Crippen LogP contribution in [-0.2, 0) is 9.53 Å². The lowest BCUT2D eigenvalue weighted by atomic mass is 9.84. The van der Waals surface area contributed by atoms with Crippen molar-refractivity contribution in [3.8, 4) is 0 Å². The molecule has 2 fully saturated rings. The molecule has 2 aliphatic rings. The van der Waals surface area contributed by atoms with E-state index in [0.29, 0.717) is 30.9 Å². The summed E-state index contributed by atoms with van der Waals surface area (Å²) in [5.41, 5.74) is 5.98. The van der Waals surface area contributed by atoms with Crippen LogP contribution in [0.25, 0.3) is 0 Å². The smallest absolute Gasteiger partial charge is 0.223 e. The summed E-state index contributed by atoms with van der Waals surface area (Å²) in [5, 5.41) is 0. The molecule has 4 heteroatoms. The van der Waals surface area contributed by atoms with E-state index in [1.54, 1.807) is 0 Å². The number of morpholine rings is 1. The number of nitrogens with two attached hydrogens (primary N) is 1. The van der Waals surface area contributed by atoms with Gasteiger partial charge in [0.1, 0.15) is 0 Å². The van der Waals surface area contributed by atoms with E-state index in [1.807, 2.05) is 4.90 Å². The highest BCUT2D eigenvalue weighted by atomic mass is 16.5. The largest absolute Gasteiger partial charge is 0.375 e. The van der Waals surface area contributed by atoms with Gasteiger partial charge >= 0.3 is 0 Å². The first-order valence-electron chi connectivity index (χ1n) is 7.34. The van der Waals surface area contributed by atoms with E-state index < -0.39 is 0 Å². The van der Waals surface area contributed by atoms with Crippen LogP contribution in [0.4, 0.5) is 0 Å². The van der Waals surface area contributed by atoms with Crippen LogP contribution >= 0.6 is 0 Å². The van der Waals surface area contributed by atoms with Crippen LogP contribution in [0.15, 0.2) is 0 Å². The van der Waals surface area contributed by atoms with E-state index in [9.17, 15) is 4.79 Å². The molecule has 0 aromatic rings. The topological polar surface area (TPSA) is 55.6 Å². The van der Waals surface area contributed by atoms with Gasteiger partial charge in [0.2, 0.25) is 5.91 Å². The van der Waals surface area contributed by atoms with Gasteiger partial charge in [-0.3, -0.25) is 4.79 Å². The van der Waals surface area contributed by atoms with Crippen molar-refractivity contribution in [2.45, 2.75) is 57.6 Å². The summed E-state index contributed by atoms with van der Waals surface area (Å²) in [5.74, 6) is 0.806. The lowest BCUT2D eigenvalue weighted by Crippen LogP contribution is -2.46. The molecular weight excluding hydrogens is 228 g/mol. The molecule has 1 heterocycles. The summed E-state index contributed by atoms with van der Waals surface area (Å²) in [4.78, 5) is 14.2. The normalized spacial score (nSPS) is 33.4. The Labute approximate surface area is 110 Å². The summed E-state index contributed by atoms with van der Waals surface area (Å²) in [6, 6.07) is 0.310. The molecule has 104 valence electrons. The molecule has 0 aromatic heterocycles. The Morgan fingerprint density at radius 1 is 1.44 bits per heavy atom. The van der Waals surface area contributed by atoms with Crippen LogP contribution in [0.1, 0.15) is 45.4 Å². The summed E-state index contributed by atoms with van der Waals surface area (Å²) in [6.07, 6.45) is 6.40. The van der Waals surface area contributed by atoms with Crippen molar-refractivity contribution in [2.24, 2.45) is 11.7 Å². The van der Waals surface area contributed by atoms with Gasteiger partial charge in [0.05, 0.1) is 12.7 Å². The van der Waals surface area contributed by atoms with Crippen molar-refractivity contribution in [1.29, 1.82) is 0 Å². The Hall–Kier alpha value is -0.610. The predicted octanol–water partition coefficient (Wildman–Crippen LogP) is 1.53. The predicted molar refractivity (Wildman–Crippen MR) is 71.2 cm³/mol. The Morgan fingerprint density at radius 2 is 2.28 bits per heavy atom. The molecule has 1 aliphatic carbocycles. The molecule has 3 unspecified atom stereocenters. The van der Waals surface area contributed by atoms with E-state index in [2.05, 4.69) is 6.92 Å². The van der Waals surface area contributed by atoms with Gasteiger partial charge in [-0.2, -0.15) is 0 Å². The Morgan fingerprint density at radius 3 is 3.00 bits per heavy atom. The number of carbonyl (C=O) groups is 1. The number of rotatable bonds is 3. The maximum Gasteiger partial charge on any atom is 0.223 e. The summed E-state index contributed by atoms with van der Waals surface area (Å²) in [7, 11) is 0. The van der Waals surface area contributed by atoms with Crippen molar-refractivity contribution < 1.29 is 9.53 Å². The number of nitrogens with zero attached hydrogens (tertiary/aromatic N) is 1. The van der Waals surface area contributed by atoms with E-state index in [1.165, 1.54) is 12.8 Å². The average Bonchev–Trinajstić information content (AvgIpc) is 2.39. The molecule has 0 radical (unpaired) electrons. The minimum atomic E-state index is 0.233. The van der Waals surface area contributed by atoms with Gasteiger partial charge in [-0.1, -0.05) is 13.3 Å². The lowest BCUT2D eigenvalue weighted by Gasteiger charge is -2.34. The monoisotopic (exact) mass is 254 g/mol. The maximum atomic E-state index is 12.3. The Kier molecular flexibility index (Phi) is 5.01. The Balaban J connectivity index is 1.79. The van der Waals surface area contributed by atoms with Gasteiger partial charge in [0.15, 0.2) is 0 Å². The lowest BCUT2D eigenvalue weighted by molar-refractivity contribution is -0.140. The van der Waals surface area contributed by atoms with Crippen LogP contribution in [-0.4, -0.2) is 42.6 Å². The third-order valence-corrected chi connectivity index (χ3v) is 4.23. The third-order valence-electron chi connectivity index (χ3n) is 4.23. The Bertz CT molecular complexity index is 283. The van der Waals surface area contributed by atoms with Gasteiger partial charge < -0.3 is 15.4 Å². The number of ether oxygens (including phenoxy) is 1. The van der Waals surface area contributed by atoms with Gasteiger partial charge in [-0.05, 0) is 31.6 Å². The zero-order valence-electron chi connectivity index (χ0n) is 11.4. The van der Waals surface area contributed by atoms with Crippen LogP contribution in [0.3, 0.4) is 0 Å². The molecule has 1 saturated heterocycles. The fourth-order valence-corrected chi connectivity index (χ4v) is 3.09. The highest BCUT2D eigenvalue weighted by Crippen LogP contribution is 2.26. The van der Waals surface area contributed by atoms with Gasteiger partial charge in [0, 0.05) is 25.6 Å². The minimum absolute atomic E-state index is 0.233. The molecule has 0 spiro atoms. The van der Waals surface area contributed by atoms with Gasteiger partial charge in [-0.25, -0.2) is 0 Å². The summed E-state index contributed by atoms with van der Waals surface area (Å²) < 4.78 is 5.60. The third kappa shape index (κ3) is 3.69. The molecular formula is C14H26N2O2. The highest BCUT2D eigenvalue weighted by molar-refractivity contribution is 5.76. The minimum Gasteiger partial charge on any atom is -0.375 e. The van der Waals surface area contributed by atoms with E-state index in [4.69, 9.17) is 10.5 Å². The van der Waals surface area contributed by atoms with Gasteiger partial charge in [-0.15, -0.1) is 0 Å². The van der Waals surface area contributed by atoms with E-state index in [0.717, 1.165) is 32.4 Å². The van der Waals surface area contributed by atoms with E-state index in [-0.39, 0.29) is 6.10 Å². The molecule has 3 atom stereocenters. The van der Waals surface area contributed by atoms with Crippen LogP contribution in [0.5, 0.6) is 0 Å². The standard InChI is InChI=1S/C14H26N2O2/c1-2-13-10-16(6-7-18-13)14(17)9-11-4-3-5-12(15)8-11/h11-13H,2-10,15H2,1H3. The molecule has 1 aliphatic heterocycles. The quantitative estimate of drug-likeness (QED) is 0.831. The zero-order chi connectivity index (χ0) is 13.0. The molecule has 0 bridgehead atoms. The van der Waals surface area contributed by atoms with Crippen molar-refractivity contribution >= 4 is 5.91 Å². The SMILES string of the molecule is CCC1CN(C(=O)CC2CCCC(N)C2)CCO1. The molecule has 4 nitrogen and oxygen atoms in total. The average molecular weight is 254 g/mol. The molecule has 0 aromatic carbocycles. The second kappa shape index (κ2) is 6.53. The zero-order valence-corrected chi connectivity index (χ0v) is 11.4. The van der Waals surface area contributed by atoms with Crippen LogP contribution in [0.2, 0.25) is 0 Å². The molecule has 1 amide bonds. The number of carbonyl (C=O) groups excluding carboxylic acids is 1. The number of hydrogen-bond acceptors (Lipinski definition) is 3. The van der Waals surface area contributed by atoms with Crippen LogP contribution < -0.4 is 5.73 Å². The molecule has 2 rings (SSSR count). The summed E-state index contributed by atoms with van der Waals surface area (Å²) in [6.45, 7) is 4.33. The molecule has 1 saturated carbocycles. The van der Waals surface area contributed by atoms with Crippen molar-refractivity contribution in [1.82, 2.24) is 4.90 Å². The van der Waals surface area contributed by atoms with Crippen molar-refractivity contribution in [3.63, 3.8) is 0 Å². The first-order chi connectivity index (χ1) is 8.69. The van der Waals surface area contributed by atoms with Gasteiger partial charge in [0.25, 0.3) is 0 Å². The number of hydrogen-bond donors (Lipinski definition) is 1. The van der Waals surface area contributed by atoms with Crippen molar-refractivity contribution in [3.05, 3.63) is 0 Å². The second-order valence-corrected chi connectivity index (χ2v) is 5.74. The first kappa shape index (κ1) is 13.8. The molecule has 2 N–H and O–H groups in total. The summed E-state index contributed by atoms with van der Waals surface area (Å²) >= 11 is 0. The highest BCUT2D eigenvalue weighted by Gasteiger charge is 2.27.